The molecule has 0 saturated carbocycles. The Kier molecular flexibility index (Phi) is 3.84. The van der Waals surface area contributed by atoms with Gasteiger partial charge in [0.2, 0.25) is 5.88 Å². The lowest BCUT2D eigenvalue weighted by molar-refractivity contribution is -0.00879. The molecule has 126 valence electrons. The minimum Gasteiger partial charge on any atom is -0.481 e. The van der Waals surface area contributed by atoms with Crippen molar-refractivity contribution in [2.75, 3.05) is 25.1 Å². The van der Waals surface area contributed by atoms with Gasteiger partial charge in [-0.25, -0.2) is 15.0 Å². The Morgan fingerprint density at radius 2 is 1.96 bits per heavy atom. The maximum Gasteiger partial charge on any atom is 0.213 e. The van der Waals surface area contributed by atoms with Crippen LogP contribution >= 0.6 is 0 Å². The zero-order valence-corrected chi connectivity index (χ0v) is 14.4. The van der Waals surface area contributed by atoms with Crippen molar-refractivity contribution in [3.8, 4) is 5.88 Å². The normalized spacial score (nSPS) is 23.0. The summed E-state index contributed by atoms with van der Waals surface area (Å²) >= 11 is 0. The number of methoxy groups -OCH3 is 1. The Labute approximate surface area is 142 Å². The van der Waals surface area contributed by atoms with Gasteiger partial charge in [0, 0.05) is 55.2 Å². The fourth-order valence-corrected chi connectivity index (χ4v) is 3.83. The Balaban J connectivity index is 1.46. The Bertz CT molecular complexity index is 738. The van der Waals surface area contributed by atoms with Crippen LogP contribution in [0.25, 0.3) is 0 Å². The van der Waals surface area contributed by atoms with Crippen LogP contribution in [-0.4, -0.2) is 52.1 Å². The predicted molar refractivity (Wildman–Crippen MR) is 92.2 cm³/mol. The van der Waals surface area contributed by atoms with Gasteiger partial charge in [-0.15, -0.1) is 0 Å². The van der Waals surface area contributed by atoms with Gasteiger partial charge in [0.05, 0.1) is 7.11 Å². The van der Waals surface area contributed by atoms with Crippen LogP contribution in [0.3, 0.4) is 0 Å². The van der Waals surface area contributed by atoms with E-state index >= 15 is 0 Å². The van der Waals surface area contributed by atoms with E-state index in [1.165, 1.54) is 17.5 Å². The number of aryl methyl sites for hydroxylation is 1. The largest absolute Gasteiger partial charge is 0.481 e. The number of hydrogen-bond acceptors (Lipinski definition) is 6. The molecule has 3 saturated heterocycles. The highest BCUT2D eigenvalue weighted by Gasteiger charge is 2.44. The molecule has 2 aromatic rings. The van der Waals surface area contributed by atoms with Gasteiger partial charge in [-0.1, -0.05) is 0 Å². The lowest BCUT2D eigenvalue weighted by Gasteiger charge is -2.57. The van der Waals surface area contributed by atoms with Crippen LogP contribution in [0, 0.1) is 13.8 Å². The van der Waals surface area contributed by atoms with Crippen molar-refractivity contribution in [2.45, 2.75) is 38.9 Å². The SMILES string of the molecule is COc1cc(CN2C3CC2CN(c2ncnc(C)c2C)C3)ccn1. The predicted octanol–water partition coefficient (Wildman–Crippen LogP) is 1.96. The summed E-state index contributed by atoms with van der Waals surface area (Å²) in [5.41, 5.74) is 3.53. The number of fused-ring (bicyclic) bond motifs is 2. The first-order valence-electron chi connectivity index (χ1n) is 8.43. The number of rotatable bonds is 4. The lowest BCUT2D eigenvalue weighted by Crippen LogP contribution is -2.68. The molecule has 5 heterocycles. The molecule has 0 amide bonds. The molecule has 3 aliphatic heterocycles. The third kappa shape index (κ3) is 2.60. The number of aromatic nitrogens is 3. The molecule has 3 fully saturated rings. The molecule has 0 radical (unpaired) electrons. The average Bonchev–Trinajstić information content (AvgIpc) is 2.62. The number of piperazine rings is 1. The van der Waals surface area contributed by atoms with Gasteiger partial charge >= 0.3 is 0 Å². The summed E-state index contributed by atoms with van der Waals surface area (Å²) in [5, 5.41) is 0. The Hall–Kier alpha value is -2.21. The quantitative estimate of drug-likeness (QED) is 0.856. The van der Waals surface area contributed by atoms with Crippen LogP contribution in [0.1, 0.15) is 23.2 Å². The van der Waals surface area contributed by atoms with Gasteiger partial charge in [0.1, 0.15) is 12.1 Å². The number of pyridine rings is 1. The van der Waals surface area contributed by atoms with E-state index in [1.54, 1.807) is 13.4 Å². The topological polar surface area (TPSA) is 54.4 Å². The van der Waals surface area contributed by atoms with Crippen molar-refractivity contribution in [1.29, 1.82) is 0 Å². The van der Waals surface area contributed by atoms with Gasteiger partial charge in [0.15, 0.2) is 0 Å². The highest BCUT2D eigenvalue weighted by atomic mass is 16.5. The molecule has 2 atom stereocenters. The second-order valence-electron chi connectivity index (χ2n) is 6.73. The summed E-state index contributed by atoms with van der Waals surface area (Å²) in [5.74, 6) is 1.79. The van der Waals surface area contributed by atoms with E-state index < -0.39 is 0 Å². The van der Waals surface area contributed by atoms with Crippen molar-refractivity contribution in [1.82, 2.24) is 19.9 Å². The van der Waals surface area contributed by atoms with Gasteiger partial charge in [-0.3, -0.25) is 4.90 Å². The molecule has 2 aromatic heterocycles. The van der Waals surface area contributed by atoms with E-state index in [9.17, 15) is 0 Å². The van der Waals surface area contributed by atoms with E-state index in [1.807, 2.05) is 19.2 Å². The first-order chi connectivity index (χ1) is 11.7. The summed E-state index contributed by atoms with van der Waals surface area (Å²) in [6.07, 6.45) is 4.78. The highest BCUT2D eigenvalue weighted by Crippen LogP contribution is 2.36. The molecule has 3 aliphatic rings. The number of hydrogen-bond donors (Lipinski definition) is 0. The molecular weight excluding hydrogens is 302 g/mol. The number of anilines is 1. The second kappa shape index (κ2) is 6.02. The third-order valence-corrected chi connectivity index (χ3v) is 5.33. The van der Waals surface area contributed by atoms with E-state index in [0.717, 1.165) is 31.1 Å². The number of nitrogens with zero attached hydrogens (tertiary/aromatic N) is 5. The van der Waals surface area contributed by atoms with Gasteiger partial charge < -0.3 is 9.64 Å². The smallest absolute Gasteiger partial charge is 0.213 e. The summed E-state index contributed by atoms with van der Waals surface area (Å²) in [6.45, 7) is 7.20. The average molecular weight is 325 g/mol. The van der Waals surface area contributed by atoms with E-state index in [4.69, 9.17) is 4.74 Å². The van der Waals surface area contributed by atoms with Crippen LogP contribution in [0.5, 0.6) is 5.88 Å². The molecular formula is C18H23N5O. The zero-order valence-electron chi connectivity index (χ0n) is 14.4. The maximum atomic E-state index is 5.23. The number of piperidine rings is 1. The molecule has 2 unspecified atom stereocenters. The first kappa shape index (κ1) is 15.3. The Morgan fingerprint density at radius 3 is 2.71 bits per heavy atom. The first-order valence-corrected chi connectivity index (χ1v) is 8.43. The molecule has 6 heteroatoms. The Morgan fingerprint density at radius 1 is 1.17 bits per heavy atom. The minimum atomic E-state index is 0.595. The molecule has 24 heavy (non-hydrogen) atoms. The van der Waals surface area contributed by atoms with E-state index in [-0.39, 0.29) is 0 Å². The van der Waals surface area contributed by atoms with Gasteiger partial charge in [0.25, 0.3) is 0 Å². The minimum absolute atomic E-state index is 0.595. The highest BCUT2D eigenvalue weighted by molar-refractivity contribution is 5.49. The van der Waals surface area contributed by atoms with Crippen LogP contribution in [0.4, 0.5) is 5.82 Å². The van der Waals surface area contributed by atoms with Gasteiger partial charge in [-0.2, -0.15) is 0 Å². The van der Waals surface area contributed by atoms with Crippen LogP contribution < -0.4 is 9.64 Å². The summed E-state index contributed by atoms with van der Waals surface area (Å²) < 4.78 is 5.23. The standard InChI is InChI=1S/C18H23N5O/c1-12-13(2)20-11-21-18(12)22-9-15-7-16(10-22)23(15)8-14-4-5-19-17(6-14)24-3/h4-6,11,15-16H,7-10H2,1-3H3. The lowest BCUT2D eigenvalue weighted by atomic mass is 9.86. The van der Waals surface area contributed by atoms with Crippen molar-refractivity contribution < 1.29 is 4.74 Å². The van der Waals surface area contributed by atoms with Crippen molar-refractivity contribution in [2.24, 2.45) is 0 Å². The second-order valence-corrected chi connectivity index (χ2v) is 6.73. The van der Waals surface area contributed by atoms with E-state index in [0.29, 0.717) is 18.0 Å². The van der Waals surface area contributed by atoms with Crippen molar-refractivity contribution in [3.63, 3.8) is 0 Å². The summed E-state index contributed by atoms with van der Waals surface area (Å²) in [6, 6.07) is 5.30. The summed E-state index contributed by atoms with van der Waals surface area (Å²) in [4.78, 5) is 18.0. The van der Waals surface area contributed by atoms with Crippen molar-refractivity contribution >= 4 is 5.82 Å². The van der Waals surface area contributed by atoms with Crippen LogP contribution in [-0.2, 0) is 6.54 Å². The molecule has 0 N–H and O–H groups in total. The maximum absolute atomic E-state index is 5.23. The van der Waals surface area contributed by atoms with Crippen LogP contribution in [0.2, 0.25) is 0 Å². The monoisotopic (exact) mass is 325 g/mol. The molecule has 2 bridgehead atoms. The van der Waals surface area contributed by atoms with E-state index in [2.05, 4.69) is 37.7 Å². The molecule has 0 spiro atoms. The van der Waals surface area contributed by atoms with Crippen LogP contribution in [0.15, 0.2) is 24.7 Å². The molecule has 6 nitrogen and oxygen atoms in total. The zero-order chi connectivity index (χ0) is 16.7. The number of ether oxygens (including phenoxy) is 1. The van der Waals surface area contributed by atoms with Gasteiger partial charge in [-0.05, 0) is 31.9 Å². The summed E-state index contributed by atoms with van der Waals surface area (Å²) in [7, 11) is 1.66. The fraction of sp³-hybridized carbons (Fsp3) is 0.500. The molecule has 0 aliphatic carbocycles. The van der Waals surface area contributed by atoms with Crippen molar-refractivity contribution in [3.05, 3.63) is 41.5 Å². The fourth-order valence-electron chi connectivity index (χ4n) is 3.83. The molecule has 0 aromatic carbocycles. The third-order valence-electron chi connectivity index (χ3n) is 5.33. The molecule has 5 rings (SSSR count).